The van der Waals surface area contributed by atoms with Crippen LogP contribution in [0, 0.1) is 11.3 Å². The van der Waals surface area contributed by atoms with Gasteiger partial charge in [0.05, 0.1) is 10.8 Å². The molecule has 3 amide bonds. The first-order valence-corrected chi connectivity index (χ1v) is 18.2. The third-order valence-corrected chi connectivity index (χ3v) is 10.8. The first kappa shape index (κ1) is 34.7. The summed E-state index contributed by atoms with van der Waals surface area (Å²) in [7, 11) is 0. The highest BCUT2D eigenvalue weighted by atomic mass is 35.5. The van der Waals surface area contributed by atoms with Crippen LogP contribution in [0.15, 0.2) is 120 Å². The second-order valence-corrected chi connectivity index (χ2v) is 14.8. The number of thioether (sulfide) groups is 1. The number of nitriles is 1. The molecule has 1 aliphatic rings. The Morgan fingerprint density at radius 1 is 0.940 bits per heavy atom. The van der Waals surface area contributed by atoms with E-state index in [0.29, 0.717) is 38.3 Å². The van der Waals surface area contributed by atoms with Crippen molar-refractivity contribution in [1.29, 1.82) is 5.26 Å². The average molecular weight is 717 g/mol. The number of hydrogen-bond donors (Lipinski definition) is 3. The lowest BCUT2D eigenvalue weighted by Crippen LogP contribution is -2.30. The molecule has 1 aromatic heterocycles. The van der Waals surface area contributed by atoms with Crippen molar-refractivity contribution >= 4 is 69.2 Å². The lowest BCUT2D eigenvalue weighted by molar-refractivity contribution is -0.115. The molecular weight excluding hydrogens is 684 g/mol. The Balaban J connectivity index is 1.13. The van der Waals surface area contributed by atoms with Crippen LogP contribution in [0.3, 0.4) is 0 Å². The van der Waals surface area contributed by atoms with E-state index in [-0.39, 0.29) is 11.6 Å². The first-order chi connectivity index (χ1) is 24.3. The van der Waals surface area contributed by atoms with Crippen LogP contribution in [0.25, 0.3) is 6.08 Å². The van der Waals surface area contributed by atoms with Gasteiger partial charge in [-0.05, 0) is 97.3 Å². The minimum Gasteiger partial charge on any atom is -0.321 e. The van der Waals surface area contributed by atoms with E-state index in [0.717, 1.165) is 34.6 Å². The number of benzene rings is 4. The lowest BCUT2D eigenvalue weighted by Gasteiger charge is -2.22. The Kier molecular flexibility index (Phi) is 11.1. The highest BCUT2D eigenvalue weighted by molar-refractivity contribution is 8.00. The van der Waals surface area contributed by atoms with Gasteiger partial charge in [-0.2, -0.15) is 5.26 Å². The van der Waals surface area contributed by atoms with E-state index in [4.69, 9.17) is 11.6 Å². The van der Waals surface area contributed by atoms with Gasteiger partial charge < -0.3 is 16.0 Å². The minimum absolute atomic E-state index is 0.0361. The smallest absolute Gasteiger partial charge is 0.272 e. The van der Waals surface area contributed by atoms with Gasteiger partial charge in [-0.1, -0.05) is 78.3 Å². The summed E-state index contributed by atoms with van der Waals surface area (Å²) < 4.78 is 0. The fraction of sp³-hybridized carbons (Fsp3) is 0.150. The molecule has 5 aromatic rings. The molecule has 2 atom stereocenters. The first-order valence-electron chi connectivity index (χ1n) is 16.1. The van der Waals surface area contributed by atoms with Crippen molar-refractivity contribution in [2.75, 3.05) is 10.6 Å². The average Bonchev–Trinajstić information content (AvgIpc) is 3.48. The molecule has 3 N–H and O–H groups in total. The summed E-state index contributed by atoms with van der Waals surface area (Å²) >= 11 is 9.01. The zero-order valence-corrected chi connectivity index (χ0v) is 29.5. The van der Waals surface area contributed by atoms with Gasteiger partial charge in [0.1, 0.15) is 16.8 Å². The molecular formula is C40H33ClN4O3S2. The number of anilines is 2. The van der Waals surface area contributed by atoms with Crippen LogP contribution in [-0.4, -0.2) is 23.0 Å². The number of amides is 3. The van der Waals surface area contributed by atoms with Crippen LogP contribution in [0.2, 0.25) is 5.02 Å². The number of carbonyl (C=O) groups is 3. The minimum atomic E-state index is -0.526. The van der Waals surface area contributed by atoms with Gasteiger partial charge in [0.2, 0.25) is 5.91 Å². The Labute approximate surface area is 304 Å². The van der Waals surface area contributed by atoms with Gasteiger partial charge in [0, 0.05) is 26.0 Å². The predicted molar refractivity (Wildman–Crippen MR) is 203 cm³/mol. The van der Waals surface area contributed by atoms with E-state index in [9.17, 15) is 19.6 Å². The van der Waals surface area contributed by atoms with Crippen LogP contribution >= 0.6 is 34.7 Å². The van der Waals surface area contributed by atoms with Crippen molar-refractivity contribution in [2.45, 2.75) is 42.2 Å². The summed E-state index contributed by atoms with van der Waals surface area (Å²) in [5.74, 6) is -0.777. The van der Waals surface area contributed by atoms with Crippen molar-refractivity contribution in [3.8, 4) is 6.07 Å². The SMILES string of the molecule is CC(Sc1cccc(NC(=O)/C(=C/c2cccc(Cl)c2)NC(=O)c2ccccc2)c1)C(=O)Nc1sc2c(c1C#N)CCC(c1ccccc1)C2. The molecule has 0 saturated carbocycles. The highest BCUT2D eigenvalue weighted by Crippen LogP contribution is 2.42. The van der Waals surface area contributed by atoms with Crippen molar-refractivity contribution in [3.05, 3.63) is 153 Å². The van der Waals surface area contributed by atoms with Gasteiger partial charge in [0.25, 0.3) is 11.8 Å². The van der Waals surface area contributed by atoms with Gasteiger partial charge >= 0.3 is 0 Å². The van der Waals surface area contributed by atoms with Crippen molar-refractivity contribution in [1.82, 2.24) is 5.32 Å². The molecule has 10 heteroatoms. The van der Waals surface area contributed by atoms with Crippen LogP contribution < -0.4 is 16.0 Å². The second kappa shape index (κ2) is 16.0. The maximum absolute atomic E-state index is 13.5. The van der Waals surface area contributed by atoms with Crippen LogP contribution in [0.1, 0.15) is 56.8 Å². The largest absolute Gasteiger partial charge is 0.321 e. The standard InChI is InChI=1S/C40H33ClN4O3S2/c1-25(37(46)45-40-34(24-42)33-19-18-29(22-36(33)50-40)27-11-4-2-5-12-27)49-32-17-9-16-31(23-32)43-39(48)35(21-26-10-8-15-30(41)20-26)44-38(47)28-13-6-3-7-14-28/h2-17,20-21,23,25,29H,18-19,22H2,1H3,(H,43,48)(H,44,47)(H,45,46)/b35-21-. The fourth-order valence-corrected chi connectivity index (χ4v) is 8.23. The summed E-state index contributed by atoms with van der Waals surface area (Å²) in [6, 6.07) is 35.5. The van der Waals surface area contributed by atoms with E-state index in [1.165, 1.54) is 28.7 Å². The third kappa shape index (κ3) is 8.52. The Hall–Kier alpha value is -5.14. The van der Waals surface area contributed by atoms with Crippen molar-refractivity contribution in [3.63, 3.8) is 0 Å². The third-order valence-electron chi connectivity index (χ3n) is 8.35. The summed E-state index contributed by atoms with van der Waals surface area (Å²) in [6.07, 6.45) is 4.18. The number of carbonyl (C=O) groups excluding carboxylic acids is 3. The molecule has 250 valence electrons. The Bertz CT molecular complexity index is 2110. The van der Waals surface area contributed by atoms with E-state index in [2.05, 4.69) is 46.3 Å². The molecule has 0 fully saturated rings. The van der Waals surface area contributed by atoms with E-state index in [1.54, 1.807) is 85.8 Å². The maximum Gasteiger partial charge on any atom is 0.272 e. The molecule has 2 unspecified atom stereocenters. The summed E-state index contributed by atoms with van der Waals surface area (Å²) in [5.41, 5.74) is 4.48. The van der Waals surface area contributed by atoms with Crippen LogP contribution in [-0.2, 0) is 22.4 Å². The number of nitrogens with zero attached hydrogens (tertiary/aromatic N) is 1. The van der Waals surface area contributed by atoms with Gasteiger partial charge in [-0.25, -0.2) is 0 Å². The van der Waals surface area contributed by atoms with E-state index >= 15 is 0 Å². The topological polar surface area (TPSA) is 111 Å². The molecule has 0 spiro atoms. The molecule has 50 heavy (non-hydrogen) atoms. The molecule has 4 aromatic carbocycles. The van der Waals surface area contributed by atoms with Crippen LogP contribution in [0.4, 0.5) is 10.7 Å². The Morgan fingerprint density at radius 3 is 2.42 bits per heavy atom. The molecule has 1 aliphatic carbocycles. The maximum atomic E-state index is 13.5. The zero-order chi connectivity index (χ0) is 35.0. The molecule has 1 heterocycles. The number of nitrogens with one attached hydrogen (secondary N) is 3. The molecule has 7 nitrogen and oxygen atoms in total. The quantitative estimate of drug-likeness (QED) is 0.0987. The summed E-state index contributed by atoms with van der Waals surface area (Å²) in [5, 5.41) is 19.2. The van der Waals surface area contributed by atoms with Gasteiger partial charge in [0.15, 0.2) is 0 Å². The number of fused-ring (bicyclic) bond motifs is 1. The number of thiophene rings is 1. The van der Waals surface area contributed by atoms with Crippen molar-refractivity contribution in [2.24, 2.45) is 0 Å². The van der Waals surface area contributed by atoms with E-state index < -0.39 is 17.1 Å². The van der Waals surface area contributed by atoms with E-state index in [1.807, 2.05) is 12.1 Å². The second-order valence-electron chi connectivity index (χ2n) is 11.8. The fourth-order valence-electron chi connectivity index (χ4n) is 5.82. The molecule has 0 radical (unpaired) electrons. The van der Waals surface area contributed by atoms with Crippen molar-refractivity contribution < 1.29 is 14.4 Å². The zero-order valence-electron chi connectivity index (χ0n) is 27.1. The number of hydrogen-bond acceptors (Lipinski definition) is 6. The lowest BCUT2D eigenvalue weighted by atomic mass is 9.83. The molecule has 6 rings (SSSR count). The Morgan fingerprint density at radius 2 is 1.68 bits per heavy atom. The summed E-state index contributed by atoms with van der Waals surface area (Å²) in [4.78, 5) is 41.8. The highest BCUT2D eigenvalue weighted by Gasteiger charge is 2.28. The van der Waals surface area contributed by atoms with Gasteiger partial charge in [-0.3, -0.25) is 14.4 Å². The van der Waals surface area contributed by atoms with Crippen LogP contribution in [0.5, 0.6) is 0 Å². The molecule has 0 bridgehead atoms. The van der Waals surface area contributed by atoms with Gasteiger partial charge in [-0.15, -0.1) is 23.1 Å². The molecule has 0 aliphatic heterocycles. The molecule has 0 saturated heterocycles. The number of rotatable bonds is 10. The monoisotopic (exact) mass is 716 g/mol. The summed E-state index contributed by atoms with van der Waals surface area (Å²) in [6.45, 7) is 1.81. The number of halogens is 1. The normalized spacial score (nSPS) is 14.5. The predicted octanol–water partition coefficient (Wildman–Crippen LogP) is 9.07.